The highest BCUT2D eigenvalue weighted by Gasteiger charge is 2.58. The topological polar surface area (TPSA) is 192 Å². The van der Waals surface area contributed by atoms with E-state index in [-0.39, 0.29) is 11.4 Å². The Morgan fingerprint density at radius 2 is 1.40 bits per heavy atom. The van der Waals surface area contributed by atoms with Crippen molar-refractivity contribution in [2.45, 2.75) is 98.3 Å². The monoisotopic (exact) mass is 773 g/mol. The number of esters is 2. The third kappa shape index (κ3) is 12.3. The maximum atomic E-state index is 13.1. The fourth-order valence-electron chi connectivity index (χ4n) is 3.84. The highest BCUT2D eigenvalue weighted by molar-refractivity contribution is 7.99. The SMILES string of the molecule is CC(COCC(F)(F)C(F)(F)F)OC(=O)CC(SCc1cn([C@@H]2O[C@H](CO)[C@H](O)[C@H](O)[C@H]2O)nn1)C(=O)OC(C)COCC(F)(F)C(F)(F)F. The summed E-state index contributed by atoms with van der Waals surface area (Å²) < 4.78 is 151. The van der Waals surface area contributed by atoms with E-state index in [0.29, 0.717) is 11.8 Å². The minimum Gasteiger partial charge on any atom is -0.460 e. The molecule has 0 amide bonds. The van der Waals surface area contributed by atoms with Crippen LogP contribution < -0.4 is 0 Å². The molecule has 0 spiro atoms. The van der Waals surface area contributed by atoms with Crippen LogP contribution in [-0.2, 0) is 39.0 Å². The Labute approximate surface area is 279 Å². The number of aliphatic hydroxyl groups excluding tert-OH is 4. The largest absolute Gasteiger partial charge is 0.460 e. The van der Waals surface area contributed by atoms with Crippen molar-refractivity contribution in [1.29, 1.82) is 0 Å². The number of ether oxygens (including phenoxy) is 5. The molecular formula is C25H33F10N3O11S. The second-order valence-corrected chi connectivity index (χ2v) is 12.1. The molecular weight excluding hydrogens is 740 g/mol. The van der Waals surface area contributed by atoms with Gasteiger partial charge in [0.15, 0.2) is 6.23 Å². The summed E-state index contributed by atoms with van der Waals surface area (Å²) in [6.07, 6.45) is -22.4. The Kier molecular flexibility index (Phi) is 15.5. The summed E-state index contributed by atoms with van der Waals surface area (Å²) in [5, 5.41) is 45.5. The van der Waals surface area contributed by atoms with Crippen LogP contribution in [0.15, 0.2) is 6.20 Å². The molecule has 1 saturated heterocycles. The van der Waals surface area contributed by atoms with Crippen LogP contribution in [-0.4, -0.2) is 146 Å². The van der Waals surface area contributed by atoms with Gasteiger partial charge in [-0.1, -0.05) is 5.21 Å². The van der Waals surface area contributed by atoms with Gasteiger partial charge < -0.3 is 44.1 Å². The molecule has 1 aliphatic rings. The van der Waals surface area contributed by atoms with Crippen LogP contribution in [0.1, 0.15) is 32.2 Å². The first kappa shape index (κ1) is 43.6. The van der Waals surface area contributed by atoms with Crippen molar-refractivity contribution in [3.8, 4) is 0 Å². The molecule has 1 aromatic rings. The number of rotatable bonds is 18. The van der Waals surface area contributed by atoms with Crippen molar-refractivity contribution >= 4 is 23.7 Å². The Morgan fingerprint density at radius 1 is 0.880 bits per heavy atom. The molecule has 8 atom stereocenters. The lowest BCUT2D eigenvalue weighted by Gasteiger charge is -2.39. The number of carbonyl (C=O) groups excluding carboxylic acids is 2. The van der Waals surface area contributed by atoms with E-state index in [1.54, 1.807) is 0 Å². The summed E-state index contributed by atoms with van der Waals surface area (Å²) in [6.45, 7) is -4.66. The molecule has 0 aromatic carbocycles. The zero-order valence-electron chi connectivity index (χ0n) is 25.8. The fourth-order valence-corrected chi connectivity index (χ4v) is 4.79. The van der Waals surface area contributed by atoms with Gasteiger partial charge in [0, 0.05) is 5.75 Å². The van der Waals surface area contributed by atoms with Gasteiger partial charge in [-0.2, -0.15) is 43.9 Å². The van der Waals surface area contributed by atoms with Gasteiger partial charge in [0.05, 0.1) is 38.1 Å². The minimum absolute atomic E-state index is 0.0243. The lowest BCUT2D eigenvalue weighted by Crippen LogP contribution is -2.56. The molecule has 1 aromatic heterocycles. The molecule has 1 aliphatic heterocycles. The highest BCUT2D eigenvalue weighted by atomic mass is 32.2. The van der Waals surface area contributed by atoms with E-state index in [2.05, 4.69) is 19.8 Å². The maximum absolute atomic E-state index is 13.1. The van der Waals surface area contributed by atoms with Gasteiger partial charge in [0.1, 0.15) is 55.1 Å². The Morgan fingerprint density at radius 3 is 1.90 bits per heavy atom. The van der Waals surface area contributed by atoms with Crippen LogP contribution >= 0.6 is 11.8 Å². The van der Waals surface area contributed by atoms with Crippen molar-refractivity contribution in [1.82, 2.24) is 15.0 Å². The molecule has 290 valence electrons. The number of hydrogen-bond donors (Lipinski definition) is 4. The second-order valence-electron chi connectivity index (χ2n) is 10.9. The Hall–Kier alpha value is -2.55. The molecule has 1 fully saturated rings. The minimum atomic E-state index is -5.92. The third-order valence-corrected chi connectivity index (χ3v) is 7.71. The normalized spacial score (nSPS) is 24.0. The van der Waals surface area contributed by atoms with E-state index in [0.717, 1.165) is 24.7 Å². The van der Waals surface area contributed by atoms with Crippen LogP contribution in [0.2, 0.25) is 0 Å². The van der Waals surface area contributed by atoms with E-state index in [1.165, 1.54) is 0 Å². The van der Waals surface area contributed by atoms with Crippen LogP contribution in [0.4, 0.5) is 43.9 Å². The average molecular weight is 774 g/mol. The Bertz CT molecular complexity index is 1240. The van der Waals surface area contributed by atoms with Gasteiger partial charge in [-0.15, -0.1) is 16.9 Å². The van der Waals surface area contributed by atoms with E-state index in [1.807, 2.05) is 0 Å². The van der Waals surface area contributed by atoms with Gasteiger partial charge in [0.25, 0.3) is 0 Å². The van der Waals surface area contributed by atoms with Crippen molar-refractivity contribution < 1.29 is 97.6 Å². The number of thioether (sulfide) groups is 1. The molecule has 2 rings (SSSR count). The van der Waals surface area contributed by atoms with Gasteiger partial charge in [0.2, 0.25) is 0 Å². The predicted octanol–water partition coefficient (Wildman–Crippen LogP) is 1.53. The summed E-state index contributed by atoms with van der Waals surface area (Å²) in [7, 11) is 0. The molecule has 25 heteroatoms. The first-order chi connectivity index (χ1) is 22.9. The summed E-state index contributed by atoms with van der Waals surface area (Å²) >= 11 is 0.613. The molecule has 0 aliphatic carbocycles. The van der Waals surface area contributed by atoms with Crippen molar-refractivity contribution in [3.63, 3.8) is 0 Å². The van der Waals surface area contributed by atoms with Crippen molar-refractivity contribution in [2.24, 2.45) is 0 Å². The van der Waals surface area contributed by atoms with Crippen molar-refractivity contribution in [2.75, 3.05) is 33.0 Å². The smallest absolute Gasteiger partial charge is 0.455 e. The zero-order valence-corrected chi connectivity index (χ0v) is 26.6. The number of hydrogen-bond acceptors (Lipinski definition) is 14. The van der Waals surface area contributed by atoms with E-state index in [9.17, 15) is 73.9 Å². The van der Waals surface area contributed by atoms with Crippen LogP contribution in [0.5, 0.6) is 0 Å². The van der Waals surface area contributed by atoms with Gasteiger partial charge in [-0.25, -0.2) is 4.68 Å². The van der Waals surface area contributed by atoms with E-state index >= 15 is 0 Å². The number of nitrogens with zero attached hydrogens (tertiary/aromatic N) is 3. The molecule has 2 heterocycles. The standard InChI is InChI=1S/C25H33F10N3O11S/c1-11(6-45-9-22(26,27)24(30,31)32)47-16(40)3-15(21(44)48-12(2)7-46-10-23(28,29)25(33,34)35)50-8-13-4-38(37-36-13)20-19(43)18(42)17(41)14(5-39)49-20/h4,11-12,14-15,17-20,39,41-43H,3,5-10H2,1-2H3/t11?,12?,14-,15?,17+,18+,19-,20-/m1/s1. The number of alkyl halides is 10. The second kappa shape index (κ2) is 17.8. The third-order valence-electron chi connectivity index (χ3n) is 6.48. The summed E-state index contributed by atoms with van der Waals surface area (Å²) in [5.74, 6) is -13.2. The maximum Gasteiger partial charge on any atom is 0.455 e. The van der Waals surface area contributed by atoms with Crippen LogP contribution in [0, 0.1) is 0 Å². The first-order valence-electron chi connectivity index (χ1n) is 14.2. The van der Waals surface area contributed by atoms with Gasteiger partial charge >= 0.3 is 36.1 Å². The van der Waals surface area contributed by atoms with Gasteiger partial charge in [-0.05, 0) is 13.8 Å². The van der Waals surface area contributed by atoms with Gasteiger partial charge in [-0.3, -0.25) is 9.59 Å². The molecule has 0 saturated carbocycles. The number of aromatic nitrogens is 3. The lowest BCUT2D eigenvalue weighted by molar-refractivity contribution is -0.297. The number of aliphatic hydroxyl groups is 4. The number of carbonyl (C=O) groups is 2. The predicted molar refractivity (Wildman–Crippen MR) is 143 cm³/mol. The first-order valence-corrected chi connectivity index (χ1v) is 15.2. The Balaban J connectivity index is 2.08. The summed E-state index contributed by atoms with van der Waals surface area (Å²) in [5.41, 5.74) is 0.0243. The molecule has 0 radical (unpaired) electrons. The molecule has 3 unspecified atom stereocenters. The summed E-state index contributed by atoms with van der Waals surface area (Å²) in [4.78, 5) is 25.4. The lowest BCUT2D eigenvalue weighted by atomic mass is 9.98. The average Bonchev–Trinajstić information content (AvgIpc) is 3.45. The zero-order chi connectivity index (χ0) is 38.2. The molecule has 14 nitrogen and oxygen atoms in total. The fraction of sp³-hybridized carbons (Fsp3) is 0.840. The quantitative estimate of drug-likeness (QED) is 0.124. The highest BCUT2D eigenvalue weighted by Crippen LogP contribution is 2.36. The molecule has 50 heavy (non-hydrogen) atoms. The van der Waals surface area contributed by atoms with E-state index in [4.69, 9.17) is 14.2 Å². The van der Waals surface area contributed by atoms with Crippen LogP contribution in [0.3, 0.4) is 0 Å². The molecule has 4 N–H and O–H groups in total. The summed E-state index contributed by atoms with van der Waals surface area (Å²) in [6, 6.07) is 0. The van der Waals surface area contributed by atoms with Crippen LogP contribution in [0.25, 0.3) is 0 Å². The number of halogens is 10. The van der Waals surface area contributed by atoms with E-state index < -0.39 is 124 Å². The van der Waals surface area contributed by atoms with Crippen molar-refractivity contribution in [3.05, 3.63) is 11.9 Å². The molecule has 0 bridgehead atoms.